The fourth-order valence-corrected chi connectivity index (χ4v) is 3.97. The number of aliphatic hydroxyl groups is 1. The number of β-amino-alcohol motifs (C(OH)–C–C–N with tert-alkyl or cyclic N) is 1. The molecule has 0 radical (unpaired) electrons. The molecule has 1 saturated heterocycles. The lowest BCUT2D eigenvalue weighted by Gasteiger charge is -2.20. The molecule has 0 saturated carbocycles. The largest absolute Gasteiger partial charge is 0.398 e. The van der Waals surface area contributed by atoms with Crippen LogP contribution in [0.4, 0.5) is 5.69 Å². The van der Waals surface area contributed by atoms with Crippen molar-refractivity contribution in [2.75, 3.05) is 18.8 Å². The molecule has 100 valence electrons. The predicted octanol–water partition coefficient (Wildman–Crippen LogP) is 0.723. The van der Waals surface area contributed by atoms with Crippen LogP contribution in [0.2, 0.25) is 0 Å². The molecule has 1 aromatic rings. The van der Waals surface area contributed by atoms with Crippen molar-refractivity contribution < 1.29 is 13.5 Å². The fraction of sp³-hybridized carbons (Fsp3) is 0.500. The molecule has 1 aliphatic heterocycles. The van der Waals surface area contributed by atoms with Crippen LogP contribution in [0, 0.1) is 6.92 Å². The van der Waals surface area contributed by atoms with Crippen molar-refractivity contribution in [3.63, 3.8) is 0 Å². The Kier molecular flexibility index (Phi) is 3.12. The van der Waals surface area contributed by atoms with Crippen LogP contribution in [-0.4, -0.2) is 36.5 Å². The SMILES string of the molecule is Cc1c(N)cccc1S(=O)(=O)N1CCC(C)(O)C1. The number of sulfonamides is 1. The minimum absolute atomic E-state index is 0.129. The summed E-state index contributed by atoms with van der Waals surface area (Å²) in [7, 11) is -3.57. The molecule has 0 bridgehead atoms. The van der Waals surface area contributed by atoms with Crippen molar-refractivity contribution >= 4 is 15.7 Å². The van der Waals surface area contributed by atoms with Gasteiger partial charge in [0, 0.05) is 18.8 Å². The van der Waals surface area contributed by atoms with Gasteiger partial charge in [-0.05, 0) is 38.0 Å². The van der Waals surface area contributed by atoms with Crippen LogP contribution in [-0.2, 0) is 10.0 Å². The van der Waals surface area contributed by atoms with E-state index >= 15 is 0 Å². The maximum Gasteiger partial charge on any atom is 0.243 e. The fourth-order valence-electron chi connectivity index (χ4n) is 2.16. The van der Waals surface area contributed by atoms with Gasteiger partial charge in [-0.2, -0.15) is 4.31 Å². The number of hydrogen-bond donors (Lipinski definition) is 2. The molecule has 1 aromatic carbocycles. The van der Waals surface area contributed by atoms with E-state index in [4.69, 9.17) is 5.73 Å². The molecular formula is C12H18N2O3S. The lowest BCUT2D eigenvalue weighted by Crippen LogP contribution is -2.34. The first kappa shape index (κ1) is 13.3. The summed E-state index contributed by atoms with van der Waals surface area (Å²) in [5.74, 6) is 0. The molecular weight excluding hydrogens is 252 g/mol. The minimum atomic E-state index is -3.57. The molecule has 0 aliphatic carbocycles. The van der Waals surface area contributed by atoms with Crippen molar-refractivity contribution in [3.05, 3.63) is 23.8 Å². The molecule has 0 aromatic heterocycles. The molecule has 5 nitrogen and oxygen atoms in total. The van der Waals surface area contributed by atoms with Crippen molar-refractivity contribution in [1.29, 1.82) is 0 Å². The van der Waals surface area contributed by atoms with Gasteiger partial charge in [-0.15, -0.1) is 0 Å². The summed E-state index contributed by atoms with van der Waals surface area (Å²) in [5.41, 5.74) is 5.81. The lowest BCUT2D eigenvalue weighted by atomic mass is 10.1. The predicted molar refractivity (Wildman–Crippen MR) is 69.6 cm³/mol. The second-order valence-electron chi connectivity index (χ2n) is 5.06. The van der Waals surface area contributed by atoms with Gasteiger partial charge < -0.3 is 10.8 Å². The highest BCUT2D eigenvalue weighted by Crippen LogP contribution is 2.29. The average Bonchev–Trinajstić information content (AvgIpc) is 2.63. The van der Waals surface area contributed by atoms with E-state index in [1.807, 2.05) is 0 Å². The highest BCUT2D eigenvalue weighted by molar-refractivity contribution is 7.89. The summed E-state index contributed by atoms with van der Waals surface area (Å²) in [6.07, 6.45) is 0.452. The van der Waals surface area contributed by atoms with Gasteiger partial charge in [-0.1, -0.05) is 6.07 Å². The van der Waals surface area contributed by atoms with Gasteiger partial charge in [0.2, 0.25) is 10.0 Å². The van der Waals surface area contributed by atoms with E-state index in [1.54, 1.807) is 32.0 Å². The molecule has 1 fully saturated rings. The molecule has 1 aliphatic rings. The van der Waals surface area contributed by atoms with Crippen LogP contribution in [0.5, 0.6) is 0 Å². The molecule has 0 spiro atoms. The first-order valence-electron chi connectivity index (χ1n) is 5.82. The van der Waals surface area contributed by atoms with E-state index in [0.29, 0.717) is 24.2 Å². The molecule has 6 heteroatoms. The molecule has 1 unspecified atom stereocenters. The zero-order valence-corrected chi connectivity index (χ0v) is 11.4. The van der Waals surface area contributed by atoms with Gasteiger partial charge in [0.05, 0.1) is 10.5 Å². The average molecular weight is 270 g/mol. The summed E-state index contributed by atoms with van der Waals surface area (Å²) in [4.78, 5) is 0.222. The van der Waals surface area contributed by atoms with E-state index in [9.17, 15) is 13.5 Å². The molecule has 1 heterocycles. The summed E-state index contributed by atoms with van der Waals surface area (Å²) < 4.78 is 26.2. The van der Waals surface area contributed by atoms with Gasteiger partial charge >= 0.3 is 0 Å². The number of nitrogens with zero attached hydrogens (tertiary/aromatic N) is 1. The van der Waals surface area contributed by atoms with Crippen LogP contribution >= 0.6 is 0 Å². The second-order valence-corrected chi connectivity index (χ2v) is 6.96. The van der Waals surface area contributed by atoms with Crippen molar-refractivity contribution in [3.8, 4) is 0 Å². The maximum absolute atomic E-state index is 12.5. The highest BCUT2D eigenvalue weighted by Gasteiger charge is 2.38. The molecule has 3 N–H and O–H groups in total. The molecule has 2 rings (SSSR count). The Bertz CT molecular complexity index is 567. The Morgan fingerprint density at radius 2 is 2.11 bits per heavy atom. The Morgan fingerprint density at radius 1 is 1.44 bits per heavy atom. The Morgan fingerprint density at radius 3 is 2.67 bits per heavy atom. The van der Waals surface area contributed by atoms with Crippen LogP contribution in [0.3, 0.4) is 0 Å². The first-order valence-corrected chi connectivity index (χ1v) is 7.26. The Labute approximate surface area is 107 Å². The van der Waals surface area contributed by atoms with Crippen LogP contribution in [0.25, 0.3) is 0 Å². The first-order chi connectivity index (χ1) is 8.24. The number of nitrogens with two attached hydrogens (primary N) is 1. The third kappa shape index (κ3) is 2.23. The zero-order chi connectivity index (χ0) is 13.6. The number of benzene rings is 1. The van der Waals surface area contributed by atoms with Crippen molar-refractivity contribution in [1.82, 2.24) is 4.31 Å². The van der Waals surface area contributed by atoms with Crippen molar-refractivity contribution in [2.24, 2.45) is 0 Å². The van der Waals surface area contributed by atoms with Gasteiger partial charge in [0.25, 0.3) is 0 Å². The van der Waals surface area contributed by atoms with Gasteiger partial charge in [0.1, 0.15) is 0 Å². The number of nitrogen functional groups attached to an aromatic ring is 1. The smallest absolute Gasteiger partial charge is 0.243 e. The van der Waals surface area contributed by atoms with Crippen molar-refractivity contribution in [2.45, 2.75) is 30.8 Å². The highest BCUT2D eigenvalue weighted by atomic mass is 32.2. The second kappa shape index (κ2) is 4.22. The zero-order valence-electron chi connectivity index (χ0n) is 10.5. The van der Waals surface area contributed by atoms with Crippen LogP contribution in [0.15, 0.2) is 23.1 Å². The normalized spacial score (nSPS) is 25.5. The molecule has 1 atom stereocenters. The quantitative estimate of drug-likeness (QED) is 0.776. The molecule has 18 heavy (non-hydrogen) atoms. The number of hydrogen-bond acceptors (Lipinski definition) is 4. The van der Waals surface area contributed by atoms with E-state index < -0.39 is 15.6 Å². The van der Waals surface area contributed by atoms with E-state index in [1.165, 1.54) is 4.31 Å². The Hall–Kier alpha value is -1.11. The lowest BCUT2D eigenvalue weighted by molar-refractivity contribution is 0.0762. The summed E-state index contributed by atoms with van der Waals surface area (Å²) in [6.45, 7) is 3.80. The minimum Gasteiger partial charge on any atom is -0.398 e. The monoisotopic (exact) mass is 270 g/mol. The van der Waals surface area contributed by atoms with Gasteiger partial charge in [-0.3, -0.25) is 0 Å². The van der Waals surface area contributed by atoms with E-state index in [0.717, 1.165) is 0 Å². The third-order valence-electron chi connectivity index (χ3n) is 3.36. The van der Waals surface area contributed by atoms with Crippen LogP contribution in [0.1, 0.15) is 18.9 Å². The van der Waals surface area contributed by atoms with E-state index in [-0.39, 0.29) is 11.4 Å². The Balaban J connectivity index is 2.41. The summed E-state index contributed by atoms with van der Waals surface area (Å²) in [5, 5.41) is 9.87. The van der Waals surface area contributed by atoms with Gasteiger partial charge in [-0.25, -0.2) is 8.42 Å². The van der Waals surface area contributed by atoms with E-state index in [2.05, 4.69) is 0 Å². The van der Waals surface area contributed by atoms with Gasteiger partial charge in [0.15, 0.2) is 0 Å². The standard InChI is InChI=1S/C12H18N2O3S/c1-9-10(13)4-3-5-11(9)18(16,17)14-7-6-12(2,15)8-14/h3-5,15H,6-8,13H2,1-2H3. The summed E-state index contributed by atoms with van der Waals surface area (Å²) >= 11 is 0. The topological polar surface area (TPSA) is 83.6 Å². The number of anilines is 1. The number of rotatable bonds is 2. The summed E-state index contributed by atoms with van der Waals surface area (Å²) in [6, 6.07) is 4.85. The third-order valence-corrected chi connectivity index (χ3v) is 5.35. The molecule has 0 amide bonds. The van der Waals surface area contributed by atoms with Crippen LogP contribution < -0.4 is 5.73 Å². The maximum atomic E-state index is 12.5.